The Morgan fingerprint density at radius 2 is 1.86 bits per heavy atom. The van der Waals surface area contributed by atoms with Crippen molar-refractivity contribution in [1.29, 1.82) is 0 Å². The standard InChI is InChI=1S/C22H28N4O3/c27-19(23-13-6-14-25-16-10-17-7-1-2-8-18(17)25)9-5-15-26-20(28)22(24-21(26)29)11-3-4-12-22/h1-2,7-8,10,16H,3-6,9,11-15H2,(H,23,27)(H,24,29). The van der Waals surface area contributed by atoms with Gasteiger partial charge in [-0.05, 0) is 43.2 Å². The van der Waals surface area contributed by atoms with E-state index in [-0.39, 0.29) is 17.8 Å². The minimum absolute atomic E-state index is 0.0370. The summed E-state index contributed by atoms with van der Waals surface area (Å²) in [5.74, 6) is -0.149. The first-order valence-corrected chi connectivity index (χ1v) is 10.5. The van der Waals surface area contributed by atoms with Gasteiger partial charge in [-0.2, -0.15) is 0 Å². The van der Waals surface area contributed by atoms with Crippen LogP contribution in [0.25, 0.3) is 10.9 Å². The molecule has 0 atom stereocenters. The number of nitrogens with one attached hydrogen (secondary N) is 2. The number of amides is 4. The minimum Gasteiger partial charge on any atom is -0.356 e. The van der Waals surface area contributed by atoms with Crippen molar-refractivity contribution in [2.45, 2.75) is 57.0 Å². The van der Waals surface area contributed by atoms with Gasteiger partial charge in [0.1, 0.15) is 5.54 Å². The summed E-state index contributed by atoms with van der Waals surface area (Å²) in [6, 6.07) is 10.0. The highest BCUT2D eigenvalue weighted by Gasteiger charge is 2.51. The second kappa shape index (κ2) is 8.27. The van der Waals surface area contributed by atoms with Gasteiger partial charge in [-0.1, -0.05) is 31.0 Å². The van der Waals surface area contributed by atoms with E-state index < -0.39 is 5.54 Å². The SMILES string of the molecule is O=C(CCCN1C(=O)NC2(CCCC2)C1=O)NCCCn1ccc2ccccc21. The van der Waals surface area contributed by atoms with E-state index in [1.165, 1.54) is 15.8 Å². The van der Waals surface area contributed by atoms with E-state index in [0.29, 0.717) is 25.9 Å². The molecule has 0 unspecified atom stereocenters. The summed E-state index contributed by atoms with van der Waals surface area (Å²) in [6.07, 6.45) is 7.13. The number of fused-ring (bicyclic) bond motifs is 1. The van der Waals surface area contributed by atoms with Crippen molar-refractivity contribution in [1.82, 2.24) is 20.1 Å². The number of aromatic nitrogens is 1. The largest absolute Gasteiger partial charge is 0.356 e. The Hall–Kier alpha value is -2.83. The molecule has 1 aliphatic carbocycles. The number of imide groups is 1. The number of para-hydroxylation sites is 1. The van der Waals surface area contributed by atoms with Gasteiger partial charge in [0.05, 0.1) is 0 Å². The molecule has 154 valence electrons. The number of carbonyl (C=O) groups is 3. The molecule has 2 heterocycles. The van der Waals surface area contributed by atoms with Gasteiger partial charge in [-0.25, -0.2) is 4.79 Å². The number of hydrogen-bond acceptors (Lipinski definition) is 3. The van der Waals surface area contributed by atoms with Crippen molar-refractivity contribution in [2.24, 2.45) is 0 Å². The van der Waals surface area contributed by atoms with Gasteiger partial charge in [0.2, 0.25) is 5.91 Å². The van der Waals surface area contributed by atoms with E-state index in [4.69, 9.17) is 0 Å². The molecule has 29 heavy (non-hydrogen) atoms. The highest BCUT2D eigenvalue weighted by atomic mass is 16.2. The van der Waals surface area contributed by atoms with E-state index in [9.17, 15) is 14.4 Å². The van der Waals surface area contributed by atoms with Gasteiger partial charge in [-0.3, -0.25) is 14.5 Å². The summed E-state index contributed by atoms with van der Waals surface area (Å²) in [6.45, 7) is 1.76. The van der Waals surface area contributed by atoms with Crippen LogP contribution in [0.5, 0.6) is 0 Å². The van der Waals surface area contributed by atoms with E-state index in [1.54, 1.807) is 0 Å². The zero-order chi connectivity index (χ0) is 20.3. The second-order valence-corrected chi connectivity index (χ2v) is 8.05. The van der Waals surface area contributed by atoms with Gasteiger partial charge in [0.25, 0.3) is 5.91 Å². The molecule has 2 aromatic rings. The molecule has 2 aliphatic rings. The molecule has 0 bridgehead atoms. The van der Waals surface area contributed by atoms with Gasteiger partial charge in [0.15, 0.2) is 0 Å². The summed E-state index contributed by atoms with van der Waals surface area (Å²) >= 11 is 0. The molecule has 7 heteroatoms. The van der Waals surface area contributed by atoms with Crippen LogP contribution in [0.3, 0.4) is 0 Å². The fourth-order valence-corrected chi connectivity index (χ4v) is 4.50. The smallest absolute Gasteiger partial charge is 0.325 e. The average molecular weight is 396 g/mol. The Kier molecular flexibility index (Phi) is 5.56. The molecule has 1 aromatic carbocycles. The molecule has 1 aromatic heterocycles. The lowest BCUT2D eigenvalue weighted by Gasteiger charge is -2.19. The number of hydrogen-bond donors (Lipinski definition) is 2. The Labute approximate surface area is 170 Å². The third-order valence-electron chi connectivity index (χ3n) is 6.07. The van der Waals surface area contributed by atoms with Gasteiger partial charge in [-0.15, -0.1) is 0 Å². The van der Waals surface area contributed by atoms with Crippen LogP contribution in [-0.4, -0.2) is 45.9 Å². The number of rotatable bonds is 8. The van der Waals surface area contributed by atoms with Gasteiger partial charge in [0, 0.05) is 37.8 Å². The van der Waals surface area contributed by atoms with Crippen molar-refractivity contribution in [3.63, 3.8) is 0 Å². The summed E-state index contributed by atoms with van der Waals surface area (Å²) in [5.41, 5.74) is 0.537. The predicted octanol–water partition coefficient (Wildman–Crippen LogP) is 2.79. The molecule has 1 saturated carbocycles. The highest BCUT2D eigenvalue weighted by Crippen LogP contribution is 2.35. The molecule has 0 radical (unpaired) electrons. The van der Waals surface area contributed by atoms with E-state index in [1.807, 2.05) is 12.1 Å². The quantitative estimate of drug-likeness (QED) is 0.532. The van der Waals surface area contributed by atoms with Crippen molar-refractivity contribution in [2.75, 3.05) is 13.1 Å². The molecular weight excluding hydrogens is 368 g/mol. The molecule has 1 spiro atoms. The average Bonchev–Trinajstić information content (AvgIpc) is 3.41. The summed E-state index contributed by atoms with van der Waals surface area (Å²) in [4.78, 5) is 38.1. The number of aryl methyl sites for hydroxylation is 1. The topological polar surface area (TPSA) is 83.4 Å². The first-order valence-electron chi connectivity index (χ1n) is 10.5. The third-order valence-corrected chi connectivity index (χ3v) is 6.07. The Bertz CT molecular complexity index is 914. The monoisotopic (exact) mass is 396 g/mol. The third kappa shape index (κ3) is 3.99. The van der Waals surface area contributed by atoms with E-state index >= 15 is 0 Å². The lowest BCUT2D eigenvalue weighted by Crippen LogP contribution is -2.44. The van der Waals surface area contributed by atoms with Crippen LogP contribution >= 0.6 is 0 Å². The zero-order valence-corrected chi connectivity index (χ0v) is 16.7. The minimum atomic E-state index is -0.665. The normalized spacial score (nSPS) is 18.0. The summed E-state index contributed by atoms with van der Waals surface area (Å²) in [7, 11) is 0. The predicted molar refractivity (Wildman–Crippen MR) is 110 cm³/mol. The maximum Gasteiger partial charge on any atom is 0.325 e. The molecule has 2 N–H and O–H groups in total. The number of urea groups is 1. The molecule has 1 saturated heterocycles. The first kappa shape index (κ1) is 19.5. The highest BCUT2D eigenvalue weighted by molar-refractivity contribution is 6.07. The zero-order valence-electron chi connectivity index (χ0n) is 16.7. The Morgan fingerprint density at radius 1 is 1.07 bits per heavy atom. The van der Waals surface area contributed by atoms with Crippen LogP contribution in [-0.2, 0) is 16.1 Å². The van der Waals surface area contributed by atoms with Crippen LogP contribution < -0.4 is 10.6 Å². The lowest BCUT2D eigenvalue weighted by atomic mass is 9.98. The maximum absolute atomic E-state index is 12.6. The van der Waals surface area contributed by atoms with Crippen molar-refractivity contribution in [3.05, 3.63) is 36.5 Å². The summed E-state index contributed by atoms with van der Waals surface area (Å²) in [5, 5.41) is 7.02. The van der Waals surface area contributed by atoms with Crippen LogP contribution in [0.2, 0.25) is 0 Å². The molecule has 4 rings (SSSR count). The van der Waals surface area contributed by atoms with Crippen LogP contribution in [0.15, 0.2) is 36.5 Å². The maximum atomic E-state index is 12.6. The fraction of sp³-hybridized carbons (Fsp3) is 0.500. The number of benzene rings is 1. The van der Waals surface area contributed by atoms with Gasteiger partial charge < -0.3 is 15.2 Å². The van der Waals surface area contributed by atoms with E-state index in [0.717, 1.165) is 38.6 Å². The van der Waals surface area contributed by atoms with Crippen LogP contribution in [0, 0.1) is 0 Å². The van der Waals surface area contributed by atoms with Gasteiger partial charge >= 0.3 is 6.03 Å². The number of carbonyl (C=O) groups excluding carboxylic acids is 3. The molecule has 1 aliphatic heterocycles. The molecule has 2 fully saturated rings. The lowest BCUT2D eigenvalue weighted by molar-refractivity contribution is -0.131. The van der Waals surface area contributed by atoms with Crippen molar-refractivity contribution in [3.8, 4) is 0 Å². The Morgan fingerprint density at radius 3 is 2.69 bits per heavy atom. The summed E-state index contributed by atoms with van der Waals surface area (Å²) < 4.78 is 2.19. The first-order chi connectivity index (χ1) is 14.1. The fourth-order valence-electron chi connectivity index (χ4n) is 4.50. The van der Waals surface area contributed by atoms with Crippen molar-refractivity contribution >= 4 is 28.7 Å². The van der Waals surface area contributed by atoms with Crippen molar-refractivity contribution < 1.29 is 14.4 Å². The second-order valence-electron chi connectivity index (χ2n) is 8.05. The van der Waals surface area contributed by atoms with Crippen LogP contribution in [0.4, 0.5) is 4.79 Å². The van der Waals surface area contributed by atoms with E-state index in [2.05, 4.69) is 39.6 Å². The Balaban J connectivity index is 1.15. The molecule has 4 amide bonds. The molecular formula is C22H28N4O3. The van der Waals surface area contributed by atoms with Crippen LogP contribution in [0.1, 0.15) is 44.9 Å². The number of nitrogens with zero attached hydrogens (tertiary/aromatic N) is 2. The molecule has 7 nitrogen and oxygen atoms in total.